The summed E-state index contributed by atoms with van der Waals surface area (Å²) in [6.07, 6.45) is 2.25. The first kappa shape index (κ1) is 12.9. The molecule has 1 aliphatic carbocycles. The minimum atomic E-state index is -0.0680. The standard InChI is InChI=1S/C13H14IN3O2/c1-18-11(7-2-3-7)12-16-13(19-17-12)9-6-8(14)4-5-10(9)15/h4-7,11H,2-3,15H2,1H3. The molecule has 1 aromatic heterocycles. The minimum absolute atomic E-state index is 0.0680. The number of nitrogens with zero attached hydrogens (tertiary/aromatic N) is 2. The lowest BCUT2D eigenvalue weighted by atomic mass is 10.2. The molecule has 0 saturated heterocycles. The van der Waals surface area contributed by atoms with Gasteiger partial charge in [-0.1, -0.05) is 5.16 Å². The lowest BCUT2D eigenvalue weighted by Gasteiger charge is -2.08. The molecule has 0 bridgehead atoms. The second kappa shape index (κ2) is 5.09. The molecule has 0 radical (unpaired) electrons. The van der Waals surface area contributed by atoms with Crippen molar-refractivity contribution < 1.29 is 9.26 Å². The van der Waals surface area contributed by atoms with Crippen molar-refractivity contribution in [2.45, 2.75) is 18.9 Å². The molecule has 1 fully saturated rings. The second-order valence-electron chi connectivity index (χ2n) is 4.68. The first-order valence-corrected chi connectivity index (χ1v) is 7.18. The Kier molecular flexibility index (Phi) is 3.44. The Morgan fingerprint density at radius 2 is 2.26 bits per heavy atom. The van der Waals surface area contributed by atoms with Gasteiger partial charge in [0.15, 0.2) is 0 Å². The zero-order chi connectivity index (χ0) is 13.4. The molecule has 19 heavy (non-hydrogen) atoms. The average Bonchev–Trinajstić information content (AvgIpc) is 3.11. The number of benzene rings is 1. The predicted octanol–water partition coefficient (Wildman–Crippen LogP) is 3.02. The van der Waals surface area contributed by atoms with Crippen molar-refractivity contribution in [3.63, 3.8) is 0 Å². The van der Waals surface area contributed by atoms with E-state index in [-0.39, 0.29) is 6.10 Å². The number of rotatable bonds is 4. The maximum absolute atomic E-state index is 5.95. The van der Waals surface area contributed by atoms with E-state index in [1.165, 1.54) is 0 Å². The molecule has 1 heterocycles. The second-order valence-corrected chi connectivity index (χ2v) is 5.93. The van der Waals surface area contributed by atoms with Gasteiger partial charge in [0.25, 0.3) is 5.89 Å². The lowest BCUT2D eigenvalue weighted by molar-refractivity contribution is 0.0751. The normalized spacial score (nSPS) is 16.5. The van der Waals surface area contributed by atoms with Crippen molar-refractivity contribution >= 4 is 28.3 Å². The van der Waals surface area contributed by atoms with Crippen LogP contribution in [-0.2, 0) is 4.74 Å². The Hall–Kier alpha value is -1.15. The number of anilines is 1. The average molecular weight is 371 g/mol. The molecule has 3 rings (SSSR count). The van der Waals surface area contributed by atoms with Gasteiger partial charge in [0, 0.05) is 16.4 Å². The molecular weight excluding hydrogens is 357 g/mol. The van der Waals surface area contributed by atoms with Gasteiger partial charge in [-0.05, 0) is 59.5 Å². The number of hydrogen-bond donors (Lipinski definition) is 1. The molecule has 1 unspecified atom stereocenters. The highest BCUT2D eigenvalue weighted by atomic mass is 127. The third-order valence-electron chi connectivity index (χ3n) is 3.25. The van der Waals surface area contributed by atoms with Crippen molar-refractivity contribution in [1.29, 1.82) is 0 Å². The summed E-state index contributed by atoms with van der Waals surface area (Å²) in [5.74, 6) is 1.58. The van der Waals surface area contributed by atoms with E-state index in [0.29, 0.717) is 23.3 Å². The van der Waals surface area contributed by atoms with Gasteiger partial charge in [-0.15, -0.1) is 0 Å². The van der Waals surface area contributed by atoms with Gasteiger partial charge in [0.1, 0.15) is 6.10 Å². The highest BCUT2D eigenvalue weighted by Gasteiger charge is 2.35. The quantitative estimate of drug-likeness (QED) is 0.661. The summed E-state index contributed by atoms with van der Waals surface area (Å²) in [4.78, 5) is 4.43. The summed E-state index contributed by atoms with van der Waals surface area (Å²) < 4.78 is 11.8. The van der Waals surface area contributed by atoms with Crippen molar-refractivity contribution in [2.24, 2.45) is 5.92 Å². The van der Waals surface area contributed by atoms with Gasteiger partial charge in [-0.2, -0.15) is 4.98 Å². The van der Waals surface area contributed by atoms with E-state index in [9.17, 15) is 0 Å². The highest BCUT2D eigenvalue weighted by molar-refractivity contribution is 14.1. The Bertz CT molecular complexity index is 595. The summed E-state index contributed by atoms with van der Waals surface area (Å²) in [7, 11) is 1.68. The molecule has 1 atom stereocenters. The number of hydrogen-bond acceptors (Lipinski definition) is 5. The molecule has 6 heteroatoms. The van der Waals surface area contributed by atoms with E-state index in [0.717, 1.165) is 22.0 Å². The Balaban J connectivity index is 1.94. The van der Waals surface area contributed by atoms with Crippen LogP contribution in [0.4, 0.5) is 5.69 Å². The van der Waals surface area contributed by atoms with E-state index in [2.05, 4.69) is 32.7 Å². The van der Waals surface area contributed by atoms with Crippen LogP contribution < -0.4 is 5.73 Å². The van der Waals surface area contributed by atoms with Crippen molar-refractivity contribution in [2.75, 3.05) is 12.8 Å². The fraction of sp³-hybridized carbons (Fsp3) is 0.385. The molecule has 0 amide bonds. The summed E-state index contributed by atoms with van der Waals surface area (Å²) in [6.45, 7) is 0. The number of methoxy groups -OCH3 is 1. The van der Waals surface area contributed by atoms with Crippen molar-refractivity contribution in [1.82, 2.24) is 10.1 Å². The summed E-state index contributed by atoms with van der Waals surface area (Å²) >= 11 is 2.23. The number of halogens is 1. The SMILES string of the molecule is COC(c1noc(-c2cc(I)ccc2N)n1)C1CC1. The van der Waals surface area contributed by atoms with Crippen molar-refractivity contribution in [3.8, 4) is 11.5 Å². The van der Waals surface area contributed by atoms with E-state index in [1.807, 2.05) is 18.2 Å². The zero-order valence-corrected chi connectivity index (χ0v) is 12.6. The largest absolute Gasteiger partial charge is 0.398 e. The van der Waals surface area contributed by atoms with Crippen LogP contribution in [-0.4, -0.2) is 17.3 Å². The van der Waals surface area contributed by atoms with Crippen LogP contribution in [0.3, 0.4) is 0 Å². The topological polar surface area (TPSA) is 74.2 Å². The molecule has 2 N–H and O–H groups in total. The highest BCUT2D eigenvalue weighted by Crippen LogP contribution is 2.42. The fourth-order valence-electron chi connectivity index (χ4n) is 2.08. The lowest BCUT2D eigenvalue weighted by Crippen LogP contribution is -2.05. The van der Waals surface area contributed by atoms with E-state index in [1.54, 1.807) is 7.11 Å². The van der Waals surface area contributed by atoms with Crippen LogP contribution in [0.25, 0.3) is 11.5 Å². The van der Waals surface area contributed by atoms with Crippen LogP contribution in [0.2, 0.25) is 0 Å². The first-order chi connectivity index (χ1) is 9.19. The summed E-state index contributed by atoms with van der Waals surface area (Å²) in [6, 6.07) is 5.72. The van der Waals surface area contributed by atoms with Crippen molar-refractivity contribution in [3.05, 3.63) is 27.6 Å². The summed E-state index contributed by atoms with van der Waals surface area (Å²) in [5.41, 5.74) is 7.36. The number of ether oxygens (including phenoxy) is 1. The zero-order valence-electron chi connectivity index (χ0n) is 10.5. The van der Waals surface area contributed by atoms with E-state index >= 15 is 0 Å². The Labute approximate surface area is 124 Å². The molecule has 0 aliphatic heterocycles. The van der Waals surface area contributed by atoms with E-state index in [4.69, 9.17) is 15.0 Å². The maximum Gasteiger partial charge on any atom is 0.260 e. The van der Waals surface area contributed by atoms with Crippen LogP contribution in [0.15, 0.2) is 22.7 Å². The Morgan fingerprint density at radius 3 is 2.95 bits per heavy atom. The molecular formula is C13H14IN3O2. The van der Waals surface area contributed by atoms with Crippen LogP contribution >= 0.6 is 22.6 Å². The smallest absolute Gasteiger partial charge is 0.260 e. The molecule has 1 aromatic carbocycles. The van der Waals surface area contributed by atoms with E-state index < -0.39 is 0 Å². The number of aromatic nitrogens is 2. The van der Waals surface area contributed by atoms with Gasteiger partial charge in [0.05, 0.1) is 5.56 Å². The molecule has 100 valence electrons. The van der Waals surface area contributed by atoms with Gasteiger partial charge < -0.3 is 15.0 Å². The minimum Gasteiger partial charge on any atom is -0.398 e. The molecule has 1 aliphatic rings. The fourth-order valence-corrected chi connectivity index (χ4v) is 2.57. The summed E-state index contributed by atoms with van der Waals surface area (Å²) in [5, 5.41) is 4.03. The number of nitrogen functional groups attached to an aromatic ring is 1. The third-order valence-corrected chi connectivity index (χ3v) is 3.92. The maximum atomic E-state index is 5.95. The van der Waals surface area contributed by atoms with Gasteiger partial charge in [0.2, 0.25) is 5.82 Å². The predicted molar refractivity (Wildman–Crippen MR) is 79.3 cm³/mol. The monoisotopic (exact) mass is 371 g/mol. The van der Waals surface area contributed by atoms with Gasteiger partial charge in [-0.3, -0.25) is 0 Å². The molecule has 1 saturated carbocycles. The Morgan fingerprint density at radius 1 is 1.47 bits per heavy atom. The van der Waals surface area contributed by atoms with Gasteiger partial charge >= 0.3 is 0 Å². The molecule has 5 nitrogen and oxygen atoms in total. The van der Waals surface area contributed by atoms with Crippen LogP contribution in [0.5, 0.6) is 0 Å². The van der Waals surface area contributed by atoms with Crippen LogP contribution in [0.1, 0.15) is 24.8 Å². The first-order valence-electron chi connectivity index (χ1n) is 6.11. The van der Waals surface area contributed by atoms with Crippen LogP contribution in [0, 0.1) is 9.49 Å². The third kappa shape index (κ3) is 2.59. The molecule has 0 spiro atoms. The van der Waals surface area contributed by atoms with Gasteiger partial charge in [-0.25, -0.2) is 0 Å². The number of nitrogens with two attached hydrogens (primary N) is 1. The molecule has 2 aromatic rings.